The Morgan fingerprint density at radius 1 is 0.968 bits per heavy atom. The lowest BCUT2D eigenvalue weighted by Gasteiger charge is -2.31. The minimum atomic E-state index is 0.125. The third-order valence-electron chi connectivity index (χ3n) is 6.39. The van der Waals surface area contributed by atoms with Gasteiger partial charge in [-0.3, -0.25) is 9.36 Å². The molecule has 5 rings (SSSR count). The predicted molar refractivity (Wildman–Crippen MR) is 130 cm³/mol. The van der Waals surface area contributed by atoms with Crippen molar-refractivity contribution in [3.05, 3.63) is 76.2 Å². The molecule has 1 aliphatic rings. The fourth-order valence-corrected chi connectivity index (χ4v) is 5.57. The molecule has 0 radical (unpaired) electrons. The van der Waals surface area contributed by atoms with Gasteiger partial charge in [0.15, 0.2) is 0 Å². The van der Waals surface area contributed by atoms with E-state index in [1.54, 1.807) is 11.3 Å². The molecule has 1 fully saturated rings. The van der Waals surface area contributed by atoms with Gasteiger partial charge in [0.1, 0.15) is 10.7 Å². The van der Waals surface area contributed by atoms with Gasteiger partial charge in [0.2, 0.25) is 0 Å². The summed E-state index contributed by atoms with van der Waals surface area (Å²) in [6, 6.07) is 19.1. The highest BCUT2D eigenvalue weighted by Gasteiger charge is 2.24. The lowest BCUT2D eigenvalue weighted by atomic mass is 10.0. The summed E-state index contributed by atoms with van der Waals surface area (Å²) < 4.78 is 2.00. The van der Waals surface area contributed by atoms with Crippen LogP contribution in [-0.4, -0.2) is 34.6 Å². The molecule has 31 heavy (non-hydrogen) atoms. The number of hydrogen-bond acceptors (Lipinski definition) is 4. The molecule has 0 aliphatic carbocycles. The average molecular weight is 430 g/mol. The Kier molecular flexibility index (Phi) is 5.47. The zero-order valence-electron chi connectivity index (χ0n) is 18.0. The van der Waals surface area contributed by atoms with Gasteiger partial charge in [-0.2, -0.15) is 0 Å². The maximum absolute atomic E-state index is 13.7. The first-order chi connectivity index (χ1) is 15.2. The lowest BCUT2D eigenvalue weighted by molar-refractivity contribution is 0.216. The van der Waals surface area contributed by atoms with Crippen molar-refractivity contribution < 1.29 is 0 Å². The number of fused-ring (bicyclic) bond motifs is 1. The highest BCUT2D eigenvalue weighted by molar-refractivity contribution is 7.17. The van der Waals surface area contributed by atoms with E-state index in [1.165, 1.54) is 11.1 Å². The number of aromatic nitrogens is 2. The molecule has 5 heteroatoms. The molecule has 0 N–H and O–H groups in total. The van der Waals surface area contributed by atoms with Crippen LogP contribution in [0.2, 0.25) is 0 Å². The smallest absolute Gasteiger partial charge is 0.263 e. The normalized spacial score (nSPS) is 15.5. The Bertz CT molecular complexity index is 1250. The minimum Gasteiger partial charge on any atom is -0.306 e. The van der Waals surface area contributed by atoms with Crippen LogP contribution < -0.4 is 5.56 Å². The summed E-state index contributed by atoms with van der Waals surface area (Å²) in [4.78, 5) is 21.9. The average Bonchev–Trinajstić information content (AvgIpc) is 3.25. The highest BCUT2D eigenvalue weighted by Crippen LogP contribution is 2.33. The number of thiophene rings is 1. The Hall–Kier alpha value is -2.76. The van der Waals surface area contributed by atoms with Crippen molar-refractivity contribution in [2.75, 3.05) is 20.1 Å². The largest absolute Gasteiger partial charge is 0.306 e. The van der Waals surface area contributed by atoms with Gasteiger partial charge in [-0.05, 0) is 49.7 Å². The van der Waals surface area contributed by atoms with E-state index in [-0.39, 0.29) is 11.6 Å². The topological polar surface area (TPSA) is 38.1 Å². The second kappa shape index (κ2) is 8.40. The fraction of sp³-hybridized carbons (Fsp3) is 0.308. The fourth-order valence-electron chi connectivity index (χ4n) is 4.61. The van der Waals surface area contributed by atoms with Crippen molar-refractivity contribution in [1.29, 1.82) is 0 Å². The van der Waals surface area contributed by atoms with Gasteiger partial charge in [-0.1, -0.05) is 61.5 Å². The molecule has 0 amide bonds. The number of piperidine rings is 1. The molecule has 0 atom stereocenters. The molecular formula is C26H27N3OS. The summed E-state index contributed by atoms with van der Waals surface area (Å²) in [6.45, 7) is 4.14. The molecular weight excluding hydrogens is 402 g/mol. The predicted octanol–water partition coefficient (Wildman–Crippen LogP) is 5.62. The van der Waals surface area contributed by atoms with Crippen LogP contribution in [0, 0.1) is 0 Å². The second-order valence-corrected chi connectivity index (χ2v) is 9.22. The molecule has 2 aromatic carbocycles. The van der Waals surface area contributed by atoms with Crippen LogP contribution in [-0.2, 0) is 6.42 Å². The Morgan fingerprint density at radius 2 is 1.61 bits per heavy atom. The van der Waals surface area contributed by atoms with Crippen LogP contribution in [0.1, 0.15) is 31.6 Å². The van der Waals surface area contributed by atoms with E-state index in [1.807, 2.05) is 10.6 Å². The maximum atomic E-state index is 13.7. The van der Waals surface area contributed by atoms with Crippen LogP contribution in [0.4, 0.5) is 0 Å². The summed E-state index contributed by atoms with van der Waals surface area (Å²) in [5, 5.41) is 2.86. The molecule has 0 unspecified atom stereocenters. The van der Waals surface area contributed by atoms with Crippen LogP contribution >= 0.6 is 11.3 Å². The standard InChI is InChI=1S/C26H27N3OS/c1-3-23-27-25-24(26(30)29(23)21-13-15-28(2)16-14-21)22(17-31-25)20-11-9-19(10-12-20)18-7-5-4-6-8-18/h4-12,17,21H,3,13-16H2,1-2H3. The highest BCUT2D eigenvalue weighted by atomic mass is 32.1. The van der Waals surface area contributed by atoms with E-state index in [4.69, 9.17) is 4.98 Å². The monoisotopic (exact) mass is 429 g/mol. The van der Waals surface area contributed by atoms with Gasteiger partial charge in [0.25, 0.3) is 5.56 Å². The van der Waals surface area contributed by atoms with Crippen LogP contribution in [0.3, 0.4) is 0 Å². The van der Waals surface area contributed by atoms with E-state index < -0.39 is 0 Å². The number of nitrogens with zero attached hydrogens (tertiary/aromatic N) is 3. The van der Waals surface area contributed by atoms with E-state index in [9.17, 15) is 4.79 Å². The van der Waals surface area contributed by atoms with Gasteiger partial charge in [0, 0.05) is 23.4 Å². The summed E-state index contributed by atoms with van der Waals surface area (Å²) in [5.74, 6) is 0.917. The maximum Gasteiger partial charge on any atom is 0.263 e. The van der Waals surface area contributed by atoms with Gasteiger partial charge < -0.3 is 4.90 Å². The second-order valence-electron chi connectivity index (χ2n) is 8.36. The summed E-state index contributed by atoms with van der Waals surface area (Å²) in [6.07, 6.45) is 2.78. The Balaban J connectivity index is 1.59. The van der Waals surface area contributed by atoms with Gasteiger partial charge in [-0.15, -0.1) is 11.3 Å². The van der Waals surface area contributed by atoms with E-state index in [0.29, 0.717) is 0 Å². The first kappa shape index (κ1) is 20.2. The van der Waals surface area contributed by atoms with Crippen molar-refractivity contribution in [1.82, 2.24) is 14.5 Å². The van der Waals surface area contributed by atoms with E-state index in [0.717, 1.165) is 59.5 Å². The SMILES string of the molecule is CCc1nc2scc(-c3ccc(-c4ccccc4)cc3)c2c(=O)n1C1CCN(C)CC1. The summed E-state index contributed by atoms with van der Waals surface area (Å²) in [7, 11) is 2.15. The number of rotatable bonds is 4. The molecule has 1 aliphatic heterocycles. The van der Waals surface area contributed by atoms with Gasteiger partial charge in [0.05, 0.1) is 5.39 Å². The van der Waals surface area contributed by atoms with Crippen molar-refractivity contribution in [2.24, 2.45) is 0 Å². The Morgan fingerprint density at radius 3 is 2.29 bits per heavy atom. The van der Waals surface area contributed by atoms with E-state index in [2.05, 4.69) is 72.8 Å². The summed E-state index contributed by atoms with van der Waals surface area (Å²) in [5.41, 5.74) is 4.58. The summed E-state index contributed by atoms with van der Waals surface area (Å²) >= 11 is 1.58. The molecule has 158 valence electrons. The molecule has 4 aromatic rings. The van der Waals surface area contributed by atoms with Gasteiger partial charge in [-0.25, -0.2) is 4.98 Å². The lowest BCUT2D eigenvalue weighted by Crippen LogP contribution is -2.37. The number of benzene rings is 2. The third-order valence-corrected chi connectivity index (χ3v) is 7.26. The number of likely N-dealkylation sites (tertiary alicyclic amines) is 1. The van der Waals surface area contributed by atoms with Crippen molar-refractivity contribution in [3.63, 3.8) is 0 Å². The van der Waals surface area contributed by atoms with Crippen molar-refractivity contribution in [3.8, 4) is 22.3 Å². The number of aryl methyl sites for hydroxylation is 1. The molecule has 2 aromatic heterocycles. The third kappa shape index (κ3) is 3.73. The molecule has 4 nitrogen and oxygen atoms in total. The quantitative estimate of drug-likeness (QED) is 0.422. The van der Waals surface area contributed by atoms with Crippen LogP contribution in [0.25, 0.3) is 32.5 Å². The van der Waals surface area contributed by atoms with Gasteiger partial charge >= 0.3 is 0 Å². The zero-order chi connectivity index (χ0) is 21.4. The molecule has 0 bridgehead atoms. The first-order valence-electron chi connectivity index (χ1n) is 11.0. The van der Waals surface area contributed by atoms with Crippen LogP contribution in [0.15, 0.2) is 64.8 Å². The Labute approximate surface area is 186 Å². The van der Waals surface area contributed by atoms with Crippen molar-refractivity contribution in [2.45, 2.75) is 32.2 Å². The molecule has 0 spiro atoms. The number of hydrogen-bond donors (Lipinski definition) is 0. The van der Waals surface area contributed by atoms with Crippen LogP contribution in [0.5, 0.6) is 0 Å². The first-order valence-corrected chi connectivity index (χ1v) is 11.9. The van der Waals surface area contributed by atoms with Crippen molar-refractivity contribution >= 4 is 21.6 Å². The zero-order valence-corrected chi connectivity index (χ0v) is 18.9. The molecule has 3 heterocycles. The minimum absolute atomic E-state index is 0.125. The van der Waals surface area contributed by atoms with E-state index >= 15 is 0 Å². The molecule has 0 saturated carbocycles. The molecule has 1 saturated heterocycles.